The number of aliphatic carboxylic acids is 1. The molecule has 0 fully saturated rings. The Morgan fingerprint density at radius 1 is 1.26 bits per heavy atom. The first-order valence-corrected chi connectivity index (χ1v) is 8.72. The van der Waals surface area contributed by atoms with Gasteiger partial charge in [-0.3, -0.25) is 4.79 Å². The monoisotopic (exact) mass is 375 g/mol. The molecule has 0 aliphatic heterocycles. The van der Waals surface area contributed by atoms with Gasteiger partial charge in [-0.25, -0.2) is 9.48 Å². The highest BCUT2D eigenvalue weighted by atomic mass is 16.5. The lowest BCUT2D eigenvalue weighted by atomic mass is 10.2. The van der Waals surface area contributed by atoms with Crippen LogP contribution >= 0.6 is 0 Å². The van der Waals surface area contributed by atoms with Crippen molar-refractivity contribution < 1.29 is 24.2 Å². The predicted octanol–water partition coefficient (Wildman–Crippen LogP) is 2.13. The number of nitrogens with zero attached hydrogens (tertiary/aromatic N) is 2. The van der Waals surface area contributed by atoms with E-state index in [9.17, 15) is 14.7 Å². The maximum Gasteiger partial charge on any atom is 0.326 e. The molecule has 1 heterocycles. The molecule has 8 nitrogen and oxygen atoms in total. The molecule has 0 aliphatic carbocycles. The van der Waals surface area contributed by atoms with Gasteiger partial charge in [-0.15, -0.1) is 0 Å². The van der Waals surface area contributed by atoms with Gasteiger partial charge in [0.25, 0.3) is 5.91 Å². The van der Waals surface area contributed by atoms with Gasteiger partial charge in [0, 0.05) is 20.1 Å². The zero-order chi connectivity index (χ0) is 19.8. The average Bonchev–Trinajstić information content (AvgIpc) is 3.08. The number of hydrogen-bond donors (Lipinski definition) is 2. The Morgan fingerprint density at radius 2 is 1.96 bits per heavy atom. The van der Waals surface area contributed by atoms with Crippen molar-refractivity contribution in [3.63, 3.8) is 0 Å². The Hall–Kier alpha value is -2.87. The van der Waals surface area contributed by atoms with Crippen molar-refractivity contribution in [2.24, 2.45) is 5.92 Å². The van der Waals surface area contributed by atoms with Crippen LogP contribution in [0.1, 0.15) is 30.8 Å². The highest BCUT2D eigenvalue weighted by Crippen LogP contribution is 2.21. The van der Waals surface area contributed by atoms with Gasteiger partial charge in [-0.2, -0.15) is 5.10 Å². The van der Waals surface area contributed by atoms with E-state index in [0.717, 1.165) is 5.69 Å². The van der Waals surface area contributed by atoms with Crippen LogP contribution in [0.4, 0.5) is 0 Å². The topological polar surface area (TPSA) is 103 Å². The smallest absolute Gasteiger partial charge is 0.326 e. The summed E-state index contributed by atoms with van der Waals surface area (Å²) in [6.07, 6.45) is 1.77. The number of methoxy groups -OCH3 is 1. The molecule has 0 saturated heterocycles. The summed E-state index contributed by atoms with van der Waals surface area (Å²) in [5, 5.41) is 16.1. The van der Waals surface area contributed by atoms with Crippen LogP contribution in [0, 0.1) is 5.92 Å². The van der Waals surface area contributed by atoms with Crippen LogP contribution in [-0.2, 0) is 9.53 Å². The first-order chi connectivity index (χ1) is 12.9. The van der Waals surface area contributed by atoms with E-state index in [-0.39, 0.29) is 24.6 Å². The van der Waals surface area contributed by atoms with Crippen molar-refractivity contribution >= 4 is 11.9 Å². The molecule has 1 aromatic carbocycles. The van der Waals surface area contributed by atoms with Crippen molar-refractivity contribution in [1.29, 1.82) is 0 Å². The van der Waals surface area contributed by atoms with Crippen LogP contribution < -0.4 is 10.1 Å². The second-order valence-corrected chi connectivity index (χ2v) is 6.47. The summed E-state index contributed by atoms with van der Waals surface area (Å²) in [6, 6.07) is 8.22. The highest BCUT2D eigenvalue weighted by molar-refractivity contribution is 5.97. The van der Waals surface area contributed by atoms with Gasteiger partial charge in [0.15, 0.2) is 11.4 Å². The Labute approximate surface area is 158 Å². The second kappa shape index (κ2) is 9.72. The number of carbonyl (C=O) groups is 2. The van der Waals surface area contributed by atoms with Crippen LogP contribution in [0.15, 0.2) is 36.5 Å². The van der Waals surface area contributed by atoms with Crippen molar-refractivity contribution in [2.45, 2.75) is 26.3 Å². The molecule has 27 heavy (non-hydrogen) atoms. The lowest BCUT2D eigenvalue weighted by Gasteiger charge is -2.14. The lowest BCUT2D eigenvalue weighted by Crippen LogP contribution is -2.41. The Morgan fingerprint density at radius 3 is 2.56 bits per heavy atom. The van der Waals surface area contributed by atoms with Crippen molar-refractivity contribution in [3.05, 3.63) is 42.2 Å². The first kappa shape index (κ1) is 20.4. The maximum absolute atomic E-state index is 12.7. The summed E-state index contributed by atoms with van der Waals surface area (Å²) in [6.45, 7) is 4.61. The predicted molar refractivity (Wildman–Crippen MR) is 99.3 cm³/mol. The number of rotatable bonds is 10. The summed E-state index contributed by atoms with van der Waals surface area (Å²) < 4.78 is 12.2. The molecule has 1 amide bonds. The fourth-order valence-corrected chi connectivity index (χ4v) is 2.31. The molecular weight excluding hydrogens is 350 g/mol. The third-order valence-electron chi connectivity index (χ3n) is 3.70. The summed E-state index contributed by atoms with van der Waals surface area (Å²) >= 11 is 0. The number of carboxylic acids is 1. The summed E-state index contributed by atoms with van der Waals surface area (Å²) in [7, 11) is 1.47. The van der Waals surface area contributed by atoms with Crippen LogP contribution in [0.3, 0.4) is 0 Å². The van der Waals surface area contributed by atoms with Gasteiger partial charge in [0.2, 0.25) is 0 Å². The molecule has 0 spiro atoms. The molecule has 2 aromatic rings. The molecule has 146 valence electrons. The number of aromatic nitrogens is 2. The van der Waals surface area contributed by atoms with Crippen LogP contribution in [0.2, 0.25) is 0 Å². The summed E-state index contributed by atoms with van der Waals surface area (Å²) in [5.41, 5.74) is 0.809. The number of hydrogen-bond acceptors (Lipinski definition) is 5. The van der Waals surface area contributed by atoms with E-state index in [0.29, 0.717) is 12.4 Å². The highest BCUT2D eigenvalue weighted by Gasteiger charge is 2.25. The van der Waals surface area contributed by atoms with Crippen LogP contribution in [0.25, 0.3) is 5.69 Å². The summed E-state index contributed by atoms with van der Waals surface area (Å²) in [5.74, 6) is -1.17. The molecule has 2 rings (SSSR count). The normalized spacial score (nSPS) is 12.0. The van der Waals surface area contributed by atoms with Crippen molar-refractivity contribution in [1.82, 2.24) is 15.1 Å². The Balaban J connectivity index is 2.27. The van der Waals surface area contributed by atoms with E-state index in [1.807, 2.05) is 44.2 Å². The zero-order valence-corrected chi connectivity index (χ0v) is 15.7. The summed E-state index contributed by atoms with van der Waals surface area (Å²) in [4.78, 5) is 24.0. The van der Waals surface area contributed by atoms with Crippen LogP contribution in [-0.4, -0.2) is 53.1 Å². The number of para-hydroxylation sites is 1. The number of benzene rings is 1. The quantitative estimate of drug-likeness (QED) is 0.659. The molecule has 0 saturated carbocycles. The Bertz CT molecular complexity index is 758. The zero-order valence-electron chi connectivity index (χ0n) is 15.7. The van der Waals surface area contributed by atoms with E-state index in [4.69, 9.17) is 9.47 Å². The van der Waals surface area contributed by atoms with E-state index in [2.05, 4.69) is 10.4 Å². The molecule has 0 radical (unpaired) electrons. The molecule has 1 atom stereocenters. The number of amides is 1. The van der Waals surface area contributed by atoms with Crippen LogP contribution in [0.5, 0.6) is 5.75 Å². The number of carboxylic acid groups (broad SMARTS) is 1. The largest absolute Gasteiger partial charge is 0.489 e. The second-order valence-electron chi connectivity index (χ2n) is 6.47. The SMILES string of the molecule is COCCC(NC(=O)c1nn(-c2ccccc2)cc1OCC(C)C)C(=O)O. The molecular formula is C19H25N3O5. The van der Waals surface area contributed by atoms with Gasteiger partial charge < -0.3 is 19.9 Å². The minimum absolute atomic E-state index is 0.0446. The fraction of sp³-hybridized carbons (Fsp3) is 0.421. The number of carbonyl (C=O) groups excluding carboxylic acids is 1. The van der Waals surface area contributed by atoms with Crippen molar-refractivity contribution in [2.75, 3.05) is 20.3 Å². The molecule has 2 N–H and O–H groups in total. The van der Waals surface area contributed by atoms with Gasteiger partial charge >= 0.3 is 5.97 Å². The lowest BCUT2D eigenvalue weighted by molar-refractivity contribution is -0.139. The number of nitrogens with one attached hydrogen (secondary N) is 1. The van der Waals surface area contributed by atoms with E-state index < -0.39 is 17.9 Å². The third-order valence-corrected chi connectivity index (χ3v) is 3.70. The van der Waals surface area contributed by atoms with Gasteiger partial charge in [-0.1, -0.05) is 32.0 Å². The molecule has 8 heteroatoms. The molecule has 0 aliphatic rings. The average molecular weight is 375 g/mol. The van der Waals surface area contributed by atoms with Crippen molar-refractivity contribution in [3.8, 4) is 11.4 Å². The first-order valence-electron chi connectivity index (χ1n) is 8.72. The third kappa shape index (κ3) is 5.82. The standard InChI is InChI=1S/C19H25N3O5/c1-13(2)12-27-16-11-22(14-7-5-4-6-8-14)21-17(16)18(23)20-15(19(24)25)9-10-26-3/h4-8,11,13,15H,9-10,12H2,1-3H3,(H,20,23)(H,24,25). The molecule has 1 unspecified atom stereocenters. The van der Waals surface area contributed by atoms with Gasteiger partial charge in [0.1, 0.15) is 6.04 Å². The number of ether oxygens (including phenoxy) is 2. The molecule has 1 aromatic heterocycles. The minimum atomic E-state index is -1.13. The van der Waals surface area contributed by atoms with Gasteiger partial charge in [0.05, 0.1) is 18.5 Å². The minimum Gasteiger partial charge on any atom is -0.489 e. The maximum atomic E-state index is 12.7. The Kier molecular flexibility index (Phi) is 7.36. The van der Waals surface area contributed by atoms with E-state index in [1.165, 1.54) is 11.8 Å². The molecule has 0 bridgehead atoms. The van der Waals surface area contributed by atoms with Gasteiger partial charge in [-0.05, 0) is 18.1 Å². The van der Waals surface area contributed by atoms with E-state index >= 15 is 0 Å². The fourth-order valence-electron chi connectivity index (χ4n) is 2.31. The van der Waals surface area contributed by atoms with E-state index in [1.54, 1.807) is 6.20 Å².